The molecule has 1 heterocycles. The fourth-order valence-electron chi connectivity index (χ4n) is 1.85. The second kappa shape index (κ2) is 7.13. The van der Waals surface area contributed by atoms with Gasteiger partial charge in [0.15, 0.2) is 0 Å². The van der Waals surface area contributed by atoms with E-state index in [9.17, 15) is 4.79 Å². The zero-order valence-corrected chi connectivity index (χ0v) is 10.3. The molecule has 0 aromatic heterocycles. The van der Waals surface area contributed by atoms with E-state index in [-0.39, 0.29) is 18.9 Å². The Balaban J connectivity index is 1.48. The molecule has 1 saturated heterocycles. The summed E-state index contributed by atoms with van der Waals surface area (Å²) < 4.78 is 15.8. The lowest BCUT2D eigenvalue weighted by atomic mass is 10.2. The molecule has 0 unspecified atom stereocenters. The number of hydrogen-bond acceptors (Lipinski definition) is 4. The van der Waals surface area contributed by atoms with Gasteiger partial charge in [0.2, 0.25) is 0 Å². The Kier molecular flexibility index (Phi) is 5.17. The summed E-state index contributed by atoms with van der Waals surface area (Å²) in [4.78, 5) is 10.9. The molecule has 98 valence electrons. The molecular weight excluding hydrogens is 232 g/mol. The number of benzene rings is 1. The Hall–Kier alpha value is -1.39. The maximum Gasteiger partial charge on any atom is 0.306 e. The number of rotatable bonds is 7. The Morgan fingerprint density at radius 2 is 2.06 bits per heavy atom. The Labute approximate surface area is 107 Å². The van der Waals surface area contributed by atoms with Crippen molar-refractivity contribution in [3.05, 3.63) is 35.9 Å². The van der Waals surface area contributed by atoms with Gasteiger partial charge in [-0.05, 0) is 12.0 Å². The number of cyclic esters (lactones) is 1. The van der Waals surface area contributed by atoms with Crippen LogP contribution in [-0.2, 0) is 25.6 Å². The number of carbonyl (C=O) groups excluding carboxylic acids is 1. The van der Waals surface area contributed by atoms with E-state index in [1.165, 1.54) is 0 Å². The van der Waals surface area contributed by atoms with E-state index in [4.69, 9.17) is 14.2 Å². The molecule has 1 fully saturated rings. The van der Waals surface area contributed by atoms with Crippen molar-refractivity contribution in [3.8, 4) is 0 Å². The summed E-state index contributed by atoms with van der Waals surface area (Å²) in [5.41, 5.74) is 1.13. The number of esters is 1. The highest BCUT2D eigenvalue weighted by molar-refractivity contribution is 5.71. The summed E-state index contributed by atoms with van der Waals surface area (Å²) >= 11 is 0. The van der Waals surface area contributed by atoms with Crippen molar-refractivity contribution in [2.24, 2.45) is 0 Å². The van der Waals surface area contributed by atoms with E-state index in [0.717, 1.165) is 18.4 Å². The van der Waals surface area contributed by atoms with Crippen LogP contribution in [0.1, 0.15) is 24.8 Å². The standard InChI is InChI=1S/C14H18O4/c15-14-7-6-13(18-14)8-9-16-11-17-10-12-4-2-1-3-5-12/h1-5,13H,6-11H2/t13-/m0/s1. The average Bonchev–Trinajstić information content (AvgIpc) is 2.81. The predicted octanol–water partition coefficient (Wildman–Crippen LogP) is 2.27. The minimum Gasteiger partial charge on any atom is -0.462 e. The summed E-state index contributed by atoms with van der Waals surface area (Å²) in [5.74, 6) is -0.0969. The fourth-order valence-corrected chi connectivity index (χ4v) is 1.85. The lowest BCUT2D eigenvalue weighted by Crippen LogP contribution is -2.11. The van der Waals surface area contributed by atoms with Crippen LogP contribution in [0.15, 0.2) is 30.3 Å². The molecule has 1 aliphatic rings. The SMILES string of the molecule is O=C1CC[C@@H](CCOCOCc2ccccc2)O1. The molecule has 0 saturated carbocycles. The van der Waals surface area contributed by atoms with Crippen molar-refractivity contribution in [1.29, 1.82) is 0 Å². The second-order valence-corrected chi connectivity index (χ2v) is 4.30. The molecule has 1 aromatic rings. The smallest absolute Gasteiger partial charge is 0.306 e. The van der Waals surface area contributed by atoms with E-state index >= 15 is 0 Å². The van der Waals surface area contributed by atoms with Crippen LogP contribution in [0.4, 0.5) is 0 Å². The first kappa shape index (κ1) is 13.1. The van der Waals surface area contributed by atoms with Crippen molar-refractivity contribution in [3.63, 3.8) is 0 Å². The third-order valence-corrected chi connectivity index (χ3v) is 2.83. The molecule has 2 rings (SSSR count). The van der Waals surface area contributed by atoms with E-state index in [1.54, 1.807) is 0 Å². The summed E-state index contributed by atoms with van der Waals surface area (Å²) in [6.45, 7) is 1.39. The lowest BCUT2D eigenvalue weighted by Gasteiger charge is -2.09. The number of carbonyl (C=O) groups is 1. The van der Waals surface area contributed by atoms with Crippen LogP contribution in [0.5, 0.6) is 0 Å². The summed E-state index contributed by atoms with van der Waals surface area (Å²) in [6, 6.07) is 9.96. The highest BCUT2D eigenvalue weighted by Crippen LogP contribution is 2.16. The molecule has 1 atom stereocenters. The first-order valence-electron chi connectivity index (χ1n) is 6.23. The summed E-state index contributed by atoms with van der Waals surface area (Å²) in [5, 5.41) is 0. The van der Waals surface area contributed by atoms with Crippen molar-refractivity contribution >= 4 is 5.97 Å². The van der Waals surface area contributed by atoms with E-state index in [0.29, 0.717) is 19.6 Å². The third-order valence-electron chi connectivity index (χ3n) is 2.83. The molecule has 1 aliphatic heterocycles. The van der Waals surface area contributed by atoms with Gasteiger partial charge in [-0.3, -0.25) is 4.79 Å². The normalized spacial score (nSPS) is 18.9. The molecule has 4 heteroatoms. The Morgan fingerprint density at radius 1 is 1.22 bits per heavy atom. The van der Waals surface area contributed by atoms with Crippen LogP contribution in [0, 0.1) is 0 Å². The third kappa shape index (κ3) is 4.47. The summed E-state index contributed by atoms with van der Waals surface area (Å²) in [7, 11) is 0. The minimum absolute atomic E-state index is 0.0339. The van der Waals surface area contributed by atoms with Gasteiger partial charge in [0, 0.05) is 12.8 Å². The molecular formula is C14H18O4. The van der Waals surface area contributed by atoms with Gasteiger partial charge in [-0.15, -0.1) is 0 Å². The first-order chi connectivity index (χ1) is 8.84. The second-order valence-electron chi connectivity index (χ2n) is 4.30. The van der Waals surface area contributed by atoms with E-state index in [2.05, 4.69) is 0 Å². The molecule has 18 heavy (non-hydrogen) atoms. The predicted molar refractivity (Wildman–Crippen MR) is 65.8 cm³/mol. The van der Waals surface area contributed by atoms with Crippen molar-refractivity contribution < 1.29 is 19.0 Å². The largest absolute Gasteiger partial charge is 0.462 e. The van der Waals surface area contributed by atoms with Gasteiger partial charge < -0.3 is 14.2 Å². The number of hydrogen-bond donors (Lipinski definition) is 0. The van der Waals surface area contributed by atoms with E-state index in [1.807, 2.05) is 30.3 Å². The average molecular weight is 250 g/mol. The van der Waals surface area contributed by atoms with Crippen LogP contribution in [0.25, 0.3) is 0 Å². The maximum absolute atomic E-state index is 10.9. The van der Waals surface area contributed by atoms with Crippen molar-refractivity contribution in [1.82, 2.24) is 0 Å². The number of ether oxygens (including phenoxy) is 3. The van der Waals surface area contributed by atoms with Gasteiger partial charge in [0.05, 0.1) is 13.2 Å². The van der Waals surface area contributed by atoms with Crippen molar-refractivity contribution in [2.45, 2.75) is 32.0 Å². The van der Waals surface area contributed by atoms with Crippen LogP contribution in [-0.4, -0.2) is 25.5 Å². The Morgan fingerprint density at radius 3 is 2.78 bits per heavy atom. The quantitative estimate of drug-likeness (QED) is 0.423. The highest BCUT2D eigenvalue weighted by Gasteiger charge is 2.22. The van der Waals surface area contributed by atoms with Crippen LogP contribution < -0.4 is 0 Å². The molecule has 0 aliphatic carbocycles. The maximum atomic E-state index is 10.9. The van der Waals surface area contributed by atoms with Gasteiger partial charge >= 0.3 is 5.97 Å². The van der Waals surface area contributed by atoms with Crippen LogP contribution in [0.2, 0.25) is 0 Å². The minimum atomic E-state index is -0.0969. The topological polar surface area (TPSA) is 44.8 Å². The zero-order chi connectivity index (χ0) is 12.6. The van der Waals surface area contributed by atoms with Gasteiger partial charge in [-0.25, -0.2) is 0 Å². The molecule has 0 spiro atoms. The molecule has 0 N–H and O–H groups in total. The van der Waals surface area contributed by atoms with Gasteiger partial charge in [0.25, 0.3) is 0 Å². The van der Waals surface area contributed by atoms with Gasteiger partial charge in [-0.2, -0.15) is 0 Å². The zero-order valence-electron chi connectivity index (χ0n) is 10.3. The molecule has 4 nitrogen and oxygen atoms in total. The molecule has 0 amide bonds. The van der Waals surface area contributed by atoms with Gasteiger partial charge in [-0.1, -0.05) is 30.3 Å². The lowest BCUT2D eigenvalue weighted by molar-refractivity contribution is -0.142. The Bertz CT molecular complexity index is 363. The monoisotopic (exact) mass is 250 g/mol. The van der Waals surface area contributed by atoms with Crippen molar-refractivity contribution in [2.75, 3.05) is 13.4 Å². The first-order valence-corrected chi connectivity index (χ1v) is 6.23. The molecule has 1 aromatic carbocycles. The van der Waals surface area contributed by atoms with Crippen LogP contribution >= 0.6 is 0 Å². The van der Waals surface area contributed by atoms with Gasteiger partial charge in [0.1, 0.15) is 12.9 Å². The van der Waals surface area contributed by atoms with E-state index < -0.39 is 0 Å². The highest BCUT2D eigenvalue weighted by atomic mass is 16.7. The molecule has 0 bridgehead atoms. The fraction of sp³-hybridized carbons (Fsp3) is 0.500. The van der Waals surface area contributed by atoms with Crippen LogP contribution in [0.3, 0.4) is 0 Å². The summed E-state index contributed by atoms with van der Waals surface area (Å²) in [6.07, 6.45) is 2.13. The molecule has 0 radical (unpaired) electrons.